The second-order valence-electron chi connectivity index (χ2n) is 5.71. The van der Waals surface area contributed by atoms with Crippen molar-refractivity contribution in [2.24, 2.45) is 0 Å². The number of hydrogen-bond donors (Lipinski definition) is 1. The van der Waals surface area contributed by atoms with Crippen molar-refractivity contribution in [2.45, 2.75) is 45.1 Å². The fourth-order valence-corrected chi connectivity index (χ4v) is 2.81. The van der Waals surface area contributed by atoms with E-state index in [1.54, 1.807) is 0 Å². The van der Waals surface area contributed by atoms with Gasteiger partial charge in [-0.25, -0.2) is 4.39 Å². The third-order valence-corrected chi connectivity index (χ3v) is 3.89. The molecule has 1 fully saturated rings. The van der Waals surface area contributed by atoms with Gasteiger partial charge in [0, 0.05) is 18.0 Å². The summed E-state index contributed by atoms with van der Waals surface area (Å²) in [5, 5.41) is 7.46. The van der Waals surface area contributed by atoms with E-state index < -0.39 is 0 Å². The highest BCUT2D eigenvalue weighted by Gasteiger charge is 2.15. The molecule has 1 N–H and O–H groups in total. The summed E-state index contributed by atoms with van der Waals surface area (Å²) in [5.74, 6) is 0.811. The lowest BCUT2D eigenvalue weighted by molar-refractivity contribution is 0.342. The van der Waals surface area contributed by atoms with Gasteiger partial charge in [-0.2, -0.15) is 4.98 Å². The molecule has 1 saturated heterocycles. The molecule has 1 aliphatic rings. The number of nitrogens with one attached hydrogen (secondary N) is 1. The molecule has 1 unspecified atom stereocenters. The van der Waals surface area contributed by atoms with Crippen molar-refractivity contribution < 1.29 is 8.91 Å². The molecule has 4 nitrogen and oxygen atoms in total. The second kappa shape index (κ2) is 6.35. The van der Waals surface area contributed by atoms with Crippen LogP contribution in [0.25, 0.3) is 11.4 Å². The molecular formula is C16H20FN3O. The molecule has 112 valence electrons. The number of benzene rings is 1. The molecule has 2 aromatic rings. The highest BCUT2D eigenvalue weighted by atomic mass is 19.1. The Bertz CT molecular complexity index is 585. The summed E-state index contributed by atoms with van der Waals surface area (Å²) in [4.78, 5) is 4.37. The van der Waals surface area contributed by atoms with Crippen LogP contribution in [0.2, 0.25) is 0 Å². The topological polar surface area (TPSA) is 51.0 Å². The standard InChI is InChI=1S/C16H20FN3O/c1-11-8-12(10-13(17)9-11)16-19-15(21-20-16)6-5-14-4-2-3-7-18-14/h8-10,14,18H,2-7H2,1H3. The number of aryl methyl sites for hydroxylation is 2. The van der Waals surface area contributed by atoms with Crippen molar-refractivity contribution in [3.63, 3.8) is 0 Å². The SMILES string of the molecule is Cc1cc(F)cc(-c2noc(CCC3CCCCN3)n2)c1. The van der Waals surface area contributed by atoms with Gasteiger partial charge in [0.2, 0.25) is 11.7 Å². The van der Waals surface area contributed by atoms with Crippen LogP contribution >= 0.6 is 0 Å². The Morgan fingerprint density at radius 2 is 2.24 bits per heavy atom. The van der Waals surface area contributed by atoms with Crippen LogP contribution in [-0.2, 0) is 6.42 Å². The summed E-state index contributed by atoms with van der Waals surface area (Å²) < 4.78 is 18.7. The summed E-state index contributed by atoms with van der Waals surface area (Å²) in [5.41, 5.74) is 1.51. The number of nitrogens with zero attached hydrogens (tertiary/aromatic N) is 2. The predicted octanol–water partition coefficient (Wildman–Crippen LogP) is 3.26. The maximum absolute atomic E-state index is 13.4. The minimum Gasteiger partial charge on any atom is -0.339 e. The summed E-state index contributed by atoms with van der Waals surface area (Å²) in [6.07, 6.45) is 5.53. The van der Waals surface area contributed by atoms with Crippen LogP contribution in [0.15, 0.2) is 22.7 Å². The first kappa shape index (κ1) is 14.2. The largest absolute Gasteiger partial charge is 0.339 e. The van der Waals surface area contributed by atoms with E-state index in [1.165, 1.54) is 31.4 Å². The van der Waals surface area contributed by atoms with E-state index in [9.17, 15) is 4.39 Å². The van der Waals surface area contributed by atoms with E-state index in [4.69, 9.17) is 4.52 Å². The lowest BCUT2D eigenvalue weighted by Crippen LogP contribution is -2.34. The van der Waals surface area contributed by atoms with Crippen LogP contribution in [-0.4, -0.2) is 22.7 Å². The normalized spacial score (nSPS) is 18.9. The third kappa shape index (κ3) is 3.67. The third-order valence-electron chi connectivity index (χ3n) is 3.89. The van der Waals surface area contributed by atoms with Crippen LogP contribution < -0.4 is 5.32 Å². The van der Waals surface area contributed by atoms with Gasteiger partial charge in [0.05, 0.1) is 0 Å². The average Bonchev–Trinajstić information content (AvgIpc) is 2.94. The van der Waals surface area contributed by atoms with Gasteiger partial charge in [0.15, 0.2) is 0 Å². The molecule has 2 heterocycles. The van der Waals surface area contributed by atoms with Gasteiger partial charge in [-0.15, -0.1) is 0 Å². The van der Waals surface area contributed by atoms with Crippen LogP contribution in [0.4, 0.5) is 4.39 Å². The zero-order chi connectivity index (χ0) is 14.7. The fraction of sp³-hybridized carbons (Fsp3) is 0.500. The van der Waals surface area contributed by atoms with E-state index >= 15 is 0 Å². The Balaban J connectivity index is 1.65. The molecule has 0 amide bonds. The Labute approximate surface area is 123 Å². The van der Waals surface area contributed by atoms with E-state index in [0.717, 1.165) is 24.9 Å². The highest BCUT2D eigenvalue weighted by molar-refractivity contribution is 5.55. The van der Waals surface area contributed by atoms with Gasteiger partial charge in [-0.1, -0.05) is 11.6 Å². The van der Waals surface area contributed by atoms with Crippen molar-refractivity contribution in [3.05, 3.63) is 35.5 Å². The summed E-state index contributed by atoms with van der Waals surface area (Å²) >= 11 is 0. The first-order chi connectivity index (χ1) is 10.2. The Morgan fingerprint density at radius 1 is 1.33 bits per heavy atom. The summed E-state index contributed by atoms with van der Waals surface area (Å²) in [7, 11) is 0. The molecule has 0 saturated carbocycles. The lowest BCUT2D eigenvalue weighted by atomic mass is 10.0. The van der Waals surface area contributed by atoms with Crippen molar-refractivity contribution in [1.82, 2.24) is 15.5 Å². The zero-order valence-electron chi connectivity index (χ0n) is 12.2. The van der Waals surface area contributed by atoms with E-state index in [0.29, 0.717) is 23.3 Å². The Kier molecular flexibility index (Phi) is 4.29. The molecule has 1 aromatic carbocycles. The maximum Gasteiger partial charge on any atom is 0.227 e. The van der Waals surface area contributed by atoms with Crippen molar-refractivity contribution in [3.8, 4) is 11.4 Å². The average molecular weight is 289 g/mol. The molecule has 0 radical (unpaired) electrons. The smallest absolute Gasteiger partial charge is 0.227 e. The molecule has 3 rings (SSSR count). The van der Waals surface area contributed by atoms with Crippen LogP contribution in [0.5, 0.6) is 0 Å². The highest BCUT2D eigenvalue weighted by Crippen LogP contribution is 2.20. The van der Waals surface area contributed by atoms with Gasteiger partial charge in [0.1, 0.15) is 5.82 Å². The summed E-state index contributed by atoms with van der Waals surface area (Å²) in [6.45, 7) is 2.95. The van der Waals surface area contributed by atoms with E-state index in [2.05, 4.69) is 15.5 Å². The van der Waals surface area contributed by atoms with Crippen LogP contribution in [0.3, 0.4) is 0 Å². The molecule has 0 aliphatic carbocycles. The minimum absolute atomic E-state index is 0.275. The van der Waals surface area contributed by atoms with Gasteiger partial charge in [-0.3, -0.25) is 0 Å². The molecular weight excluding hydrogens is 269 g/mol. The van der Waals surface area contributed by atoms with E-state index in [-0.39, 0.29) is 5.82 Å². The van der Waals surface area contributed by atoms with Crippen molar-refractivity contribution in [2.75, 3.05) is 6.54 Å². The minimum atomic E-state index is -0.275. The molecule has 1 atom stereocenters. The van der Waals surface area contributed by atoms with Crippen molar-refractivity contribution >= 4 is 0 Å². The van der Waals surface area contributed by atoms with Crippen LogP contribution in [0, 0.1) is 12.7 Å². The Hall–Kier alpha value is -1.75. The quantitative estimate of drug-likeness (QED) is 0.938. The number of halogens is 1. The molecule has 21 heavy (non-hydrogen) atoms. The second-order valence-corrected chi connectivity index (χ2v) is 5.71. The molecule has 0 bridgehead atoms. The number of hydrogen-bond acceptors (Lipinski definition) is 4. The first-order valence-corrected chi connectivity index (χ1v) is 7.54. The lowest BCUT2D eigenvalue weighted by Gasteiger charge is -2.22. The zero-order valence-corrected chi connectivity index (χ0v) is 12.2. The predicted molar refractivity (Wildman–Crippen MR) is 78.4 cm³/mol. The molecule has 1 aromatic heterocycles. The van der Waals surface area contributed by atoms with Gasteiger partial charge in [-0.05, 0) is 56.5 Å². The Morgan fingerprint density at radius 3 is 3.00 bits per heavy atom. The maximum atomic E-state index is 13.4. The first-order valence-electron chi connectivity index (χ1n) is 7.54. The fourth-order valence-electron chi connectivity index (χ4n) is 2.81. The number of rotatable bonds is 4. The number of piperidine rings is 1. The van der Waals surface area contributed by atoms with Crippen LogP contribution in [0.1, 0.15) is 37.1 Å². The molecule has 5 heteroatoms. The van der Waals surface area contributed by atoms with Gasteiger partial charge < -0.3 is 9.84 Å². The monoisotopic (exact) mass is 289 g/mol. The van der Waals surface area contributed by atoms with Crippen molar-refractivity contribution in [1.29, 1.82) is 0 Å². The van der Waals surface area contributed by atoms with Gasteiger partial charge >= 0.3 is 0 Å². The molecule has 0 spiro atoms. The summed E-state index contributed by atoms with van der Waals surface area (Å²) in [6, 6.07) is 5.33. The molecule has 1 aliphatic heterocycles. The van der Waals surface area contributed by atoms with E-state index in [1.807, 2.05) is 13.0 Å². The van der Waals surface area contributed by atoms with Gasteiger partial charge in [0.25, 0.3) is 0 Å². The number of aromatic nitrogens is 2.